The highest BCUT2D eigenvalue weighted by Crippen LogP contribution is 2.32. The minimum atomic E-state index is -0.446. The summed E-state index contributed by atoms with van der Waals surface area (Å²) in [7, 11) is 1.33. The molecule has 1 aromatic heterocycles. The van der Waals surface area contributed by atoms with Gasteiger partial charge in [-0.15, -0.1) is 0 Å². The maximum Gasteiger partial charge on any atom is 0.337 e. The van der Waals surface area contributed by atoms with Crippen LogP contribution in [-0.2, 0) is 11.3 Å². The lowest BCUT2D eigenvalue weighted by Gasteiger charge is -2.09. The molecule has 0 saturated carbocycles. The van der Waals surface area contributed by atoms with Crippen molar-refractivity contribution in [2.24, 2.45) is 4.99 Å². The van der Waals surface area contributed by atoms with E-state index in [-0.39, 0.29) is 12.5 Å². The molecule has 0 atom stereocenters. The number of aliphatic hydroxyl groups is 1. The summed E-state index contributed by atoms with van der Waals surface area (Å²) in [4.78, 5) is 19.8. The Balaban J connectivity index is 1.78. The van der Waals surface area contributed by atoms with Crippen LogP contribution in [0, 0.1) is 0 Å². The number of benzene rings is 3. The first-order chi connectivity index (χ1) is 16.1. The van der Waals surface area contributed by atoms with Crippen LogP contribution in [0.15, 0.2) is 77.8 Å². The van der Waals surface area contributed by atoms with Crippen LogP contribution in [0.3, 0.4) is 0 Å². The van der Waals surface area contributed by atoms with Crippen LogP contribution in [0.1, 0.15) is 27.0 Å². The lowest BCUT2D eigenvalue weighted by atomic mass is 10.00. The Morgan fingerprint density at radius 2 is 1.79 bits per heavy atom. The molecule has 7 heteroatoms. The van der Waals surface area contributed by atoms with E-state index in [1.165, 1.54) is 7.11 Å². The van der Waals surface area contributed by atoms with E-state index >= 15 is 0 Å². The number of hydrogen-bond acceptors (Lipinski definition) is 6. The standard InChI is InChI=1S/C26H25N3O4/c1-33-26(32)19-9-12-21-22(15-19)29-25(31)23(21)24(18-5-3-2-4-6-18)28-20-10-7-17(8-11-20)16-27-13-14-30/h2-12,15,27,29-31H,13-14,16H2,1H3. The lowest BCUT2D eigenvalue weighted by molar-refractivity contribution is 0.0601. The third kappa shape index (κ3) is 4.95. The molecule has 0 aliphatic carbocycles. The average Bonchev–Trinajstić information content (AvgIpc) is 3.18. The summed E-state index contributed by atoms with van der Waals surface area (Å²) in [5, 5.41) is 23.6. The van der Waals surface area contributed by atoms with Crippen molar-refractivity contribution in [1.29, 1.82) is 0 Å². The summed E-state index contributed by atoms with van der Waals surface area (Å²) < 4.78 is 4.80. The van der Waals surface area contributed by atoms with Crippen molar-refractivity contribution in [3.8, 4) is 5.88 Å². The van der Waals surface area contributed by atoms with Gasteiger partial charge in [-0.3, -0.25) is 0 Å². The van der Waals surface area contributed by atoms with Gasteiger partial charge in [0.05, 0.1) is 36.2 Å². The Morgan fingerprint density at radius 3 is 2.48 bits per heavy atom. The van der Waals surface area contributed by atoms with Gasteiger partial charge in [-0.05, 0) is 29.8 Å². The number of aromatic hydroxyl groups is 1. The zero-order chi connectivity index (χ0) is 23.2. The van der Waals surface area contributed by atoms with Crippen LogP contribution in [0.2, 0.25) is 0 Å². The van der Waals surface area contributed by atoms with E-state index in [1.54, 1.807) is 18.2 Å². The van der Waals surface area contributed by atoms with Crippen molar-refractivity contribution < 1.29 is 19.7 Å². The summed E-state index contributed by atoms with van der Waals surface area (Å²) in [5.74, 6) is -0.475. The Kier molecular flexibility index (Phi) is 6.83. The molecular formula is C26H25N3O4. The number of hydrogen-bond donors (Lipinski definition) is 4. The minimum Gasteiger partial charge on any atom is -0.494 e. The zero-order valence-electron chi connectivity index (χ0n) is 18.2. The second kappa shape index (κ2) is 10.1. The van der Waals surface area contributed by atoms with Crippen LogP contribution < -0.4 is 5.32 Å². The molecule has 0 spiro atoms. The van der Waals surface area contributed by atoms with Crippen molar-refractivity contribution >= 4 is 28.3 Å². The number of ether oxygens (including phenoxy) is 1. The fourth-order valence-corrected chi connectivity index (χ4v) is 3.66. The first-order valence-corrected chi connectivity index (χ1v) is 10.6. The molecule has 0 aliphatic heterocycles. The number of aliphatic imine (C=N–C) groups is 1. The number of carbonyl (C=O) groups excluding carboxylic acids is 1. The molecule has 0 amide bonds. The Morgan fingerprint density at radius 1 is 1.03 bits per heavy atom. The van der Waals surface area contributed by atoms with Crippen LogP contribution >= 0.6 is 0 Å². The van der Waals surface area contributed by atoms with Gasteiger partial charge in [-0.25, -0.2) is 9.79 Å². The Labute approximate surface area is 191 Å². The van der Waals surface area contributed by atoms with E-state index in [2.05, 4.69) is 10.3 Å². The van der Waals surface area contributed by atoms with Gasteiger partial charge in [0.25, 0.3) is 0 Å². The summed E-state index contributed by atoms with van der Waals surface area (Å²) >= 11 is 0. The van der Waals surface area contributed by atoms with Crippen LogP contribution in [-0.4, -0.2) is 47.1 Å². The van der Waals surface area contributed by atoms with E-state index in [4.69, 9.17) is 14.8 Å². The van der Waals surface area contributed by atoms with Gasteiger partial charge in [-0.2, -0.15) is 0 Å². The number of aromatic nitrogens is 1. The van der Waals surface area contributed by atoms with Gasteiger partial charge in [-0.1, -0.05) is 48.5 Å². The van der Waals surface area contributed by atoms with E-state index in [0.717, 1.165) is 22.2 Å². The largest absolute Gasteiger partial charge is 0.494 e. The molecule has 3 aromatic carbocycles. The van der Waals surface area contributed by atoms with E-state index in [9.17, 15) is 9.90 Å². The summed E-state index contributed by atoms with van der Waals surface area (Å²) in [6, 6.07) is 22.5. The van der Waals surface area contributed by atoms with Gasteiger partial charge in [0.15, 0.2) is 5.88 Å². The molecule has 168 valence electrons. The molecule has 4 N–H and O–H groups in total. The normalized spacial score (nSPS) is 11.6. The maximum absolute atomic E-state index is 11.9. The highest BCUT2D eigenvalue weighted by molar-refractivity contribution is 6.22. The number of rotatable bonds is 8. The van der Waals surface area contributed by atoms with Gasteiger partial charge in [0.2, 0.25) is 0 Å². The number of aromatic amines is 1. The second-order valence-corrected chi connectivity index (χ2v) is 7.49. The number of nitrogens with zero attached hydrogens (tertiary/aromatic N) is 1. The van der Waals surface area contributed by atoms with Gasteiger partial charge in [0.1, 0.15) is 0 Å². The molecular weight excluding hydrogens is 418 g/mol. The highest BCUT2D eigenvalue weighted by Gasteiger charge is 2.20. The van der Waals surface area contributed by atoms with Crippen molar-refractivity contribution in [1.82, 2.24) is 10.3 Å². The number of fused-ring (bicyclic) bond motifs is 1. The molecule has 0 saturated heterocycles. The number of aliphatic hydroxyl groups excluding tert-OH is 1. The topological polar surface area (TPSA) is 107 Å². The molecule has 0 bridgehead atoms. The molecule has 0 unspecified atom stereocenters. The minimum absolute atomic E-state index is 0.0283. The second-order valence-electron chi connectivity index (χ2n) is 7.49. The van der Waals surface area contributed by atoms with E-state index in [0.29, 0.717) is 35.4 Å². The number of nitrogens with one attached hydrogen (secondary N) is 2. The summed E-state index contributed by atoms with van der Waals surface area (Å²) in [5.41, 5.74) is 4.83. The number of carbonyl (C=O) groups is 1. The monoisotopic (exact) mass is 443 g/mol. The quantitative estimate of drug-likeness (QED) is 0.188. The van der Waals surface area contributed by atoms with Crippen molar-refractivity contribution in [2.75, 3.05) is 20.3 Å². The van der Waals surface area contributed by atoms with Crippen LogP contribution in [0.25, 0.3) is 10.9 Å². The molecule has 33 heavy (non-hydrogen) atoms. The predicted octanol–water partition coefficient (Wildman–Crippen LogP) is 3.91. The Bertz CT molecular complexity index is 1280. The first-order valence-electron chi connectivity index (χ1n) is 10.6. The van der Waals surface area contributed by atoms with Crippen molar-refractivity contribution in [3.63, 3.8) is 0 Å². The third-order valence-corrected chi connectivity index (χ3v) is 5.28. The molecule has 0 aliphatic rings. The first kappa shape index (κ1) is 22.3. The van der Waals surface area contributed by atoms with Gasteiger partial charge >= 0.3 is 5.97 Å². The number of H-pyrrole nitrogens is 1. The van der Waals surface area contributed by atoms with E-state index in [1.807, 2.05) is 54.6 Å². The predicted molar refractivity (Wildman–Crippen MR) is 128 cm³/mol. The number of methoxy groups -OCH3 is 1. The lowest BCUT2D eigenvalue weighted by Crippen LogP contribution is -2.17. The molecule has 4 rings (SSSR count). The van der Waals surface area contributed by atoms with Crippen LogP contribution in [0.5, 0.6) is 5.88 Å². The fourth-order valence-electron chi connectivity index (χ4n) is 3.66. The smallest absolute Gasteiger partial charge is 0.337 e. The SMILES string of the molecule is COC(=O)c1ccc2c(C(=Nc3ccc(CNCCO)cc3)c3ccccc3)c(O)[nH]c2c1. The molecule has 1 heterocycles. The van der Waals surface area contributed by atoms with Crippen LogP contribution in [0.4, 0.5) is 5.69 Å². The number of esters is 1. The maximum atomic E-state index is 11.9. The van der Waals surface area contributed by atoms with Gasteiger partial charge in [0, 0.05) is 29.6 Å². The zero-order valence-corrected chi connectivity index (χ0v) is 18.2. The van der Waals surface area contributed by atoms with Crippen molar-refractivity contribution in [2.45, 2.75) is 6.54 Å². The average molecular weight is 444 g/mol. The fraction of sp³-hybridized carbons (Fsp3) is 0.154. The third-order valence-electron chi connectivity index (χ3n) is 5.28. The molecule has 0 radical (unpaired) electrons. The summed E-state index contributed by atoms with van der Waals surface area (Å²) in [6.07, 6.45) is 0. The van der Waals surface area contributed by atoms with Crippen molar-refractivity contribution in [3.05, 3.63) is 95.1 Å². The van der Waals surface area contributed by atoms with E-state index < -0.39 is 5.97 Å². The highest BCUT2D eigenvalue weighted by atomic mass is 16.5. The molecule has 0 fully saturated rings. The van der Waals surface area contributed by atoms with Gasteiger partial charge < -0.3 is 25.3 Å². The molecule has 7 nitrogen and oxygen atoms in total. The summed E-state index contributed by atoms with van der Waals surface area (Å²) in [6.45, 7) is 1.29. The Hall–Kier alpha value is -3.94. The molecule has 4 aromatic rings.